The van der Waals surface area contributed by atoms with Gasteiger partial charge in [0.1, 0.15) is 6.10 Å². The second kappa shape index (κ2) is 6.29. The first-order chi connectivity index (χ1) is 7.98. The minimum Gasteiger partial charge on any atom is -0.364 e. The molecule has 1 saturated heterocycles. The molecule has 0 aromatic rings. The van der Waals surface area contributed by atoms with Crippen LogP contribution in [-0.2, 0) is 19.6 Å². The Labute approximate surface area is 101 Å². The van der Waals surface area contributed by atoms with E-state index in [0.717, 1.165) is 6.42 Å². The van der Waals surface area contributed by atoms with Crippen molar-refractivity contribution >= 4 is 15.9 Å². The maximum absolute atomic E-state index is 11.6. The summed E-state index contributed by atoms with van der Waals surface area (Å²) in [4.78, 5) is 11.6. The van der Waals surface area contributed by atoms with Gasteiger partial charge in [0.25, 0.3) is 0 Å². The second-order valence-electron chi connectivity index (χ2n) is 3.87. The maximum Gasteiger partial charge on any atom is 0.249 e. The van der Waals surface area contributed by atoms with Crippen molar-refractivity contribution in [3.63, 3.8) is 0 Å². The molecule has 8 heteroatoms. The van der Waals surface area contributed by atoms with E-state index >= 15 is 0 Å². The van der Waals surface area contributed by atoms with Gasteiger partial charge in [-0.1, -0.05) is 0 Å². The summed E-state index contributed by atoms with van der Waals surface area (Å²) < 4.78 is 29.7. The van der Waals surface area contributed by atoms with E-state index in [9.17, 15) is 13.2 Å². The van der Waals surface area contributed by atoms with Crippen molar-refractivity contribution in [2.75, 3.05) is 25.9 Å². The zero-order valence-corrected chi connectivity index (χ0v) is 10.6. The molecule has 1 amide bonds. The first-order valence-electron chi connectivity index (χ1n) is 5.53. The predicted molar refractivity (Wildman–Crippen MR) is 62.8 cm³/mol. The number of sulfonamides is 1. The van der Waals surface area contributed by atoms with E-state index in [1.165, 1.54) is 7.05 Å². The average Bonchev–Trinajstić information content (AvgIpc) is 2.77. The third-order valence-electron chi connectivity index (χ3n) is 2.64. The van der Waals surface area contributed by atoms with Crippen LogP contribution in [0.5, 0.6) is 0 Å². The van der Waals surface area contributed by atoms with Gasteiger partial charge >= 0.3 is 0 Å². The molecule has 0 radical (unpaired) electrons. The first-order valence-corrected chi connectivity index (χ1v) is 7.18. The molecular weight excluding hydrogens is 246 g/mol. The molecule has 4 N–H and O–H groups in total. The summed E-state index contributed by atoms with van der Waals surface area (Å²) in [5.41, 5.74) is 5.43. The van der Waals surface area contributed by atoms with E-state index in [4.69, 9.17) is 10.5 Å². The van der Waals surface area contributed by atoms with Gasteiger partial charge in [-0.05, 0) is 19.9 Å². The summed E-state index contributed by atoms with van der Waals surface area (Å²) in [5, 5.41) is 2.54. The number of nitrogens with two attached hydrogens (primary N) is 1. The highest BCUT2D eigenvalue weighted by molar-refractivity contribution is 7.89. The zero-order chi connectivity index (χ0) is 12.9. The quantitative estimate of drug-likeness (QED) is 0.522. The number of carbonyl (C=O) groups excluding carboxylic acids is 1. The fourth-order valence-corrected chi connectivity index (χ4v) is 2.17. The summed E-state index contributed by atoms with van der Waals surface area (Å²) in [6, 6.07) is 0. The normalized spacial score (nSPS) is 24.8. The van der Waals surface area contributed by atoms with Crippen molar-refractivity contribution in [3.05, 3.63) is 0 Å². The Morgan fingerprint density at radius 1 is 1.47 bits per heavy atom. The van der Waals surface area contributed by atoms with Gasteiger partial charge < -0.3 is 15.8 Å². The number of hydrogen-bond acceptors (Lipinski definition) is 5. The Hall–Kier alpha value is -0.700. The van der Waals surface area contributed by atoms with E-state index in [1.54, 1.807) is 0 Å². The molecule has 0 saturated carbocycles. The van der Waals surface area contributed by atoms with E-state index in [1.807, 2.05) is 0 Å². The van der Waals surface area contributed by atoms with Crippen LogP contribution in [0.4, 0.5) is 0 Å². The lowest BCUT2D eigenvalue weighted by atomic mass is 10.2. The molecule has 1 heterocycles. The van der Waals surface area contributed by atoms with Crippen LogP contribution >= 0.6 is 0 Å². The van der Waals surface area contributed by atoms with Crippen LogP contribution in [0.1, 0.15) is 12.8 Å². The van der Waals surface area contributed by atoms with Crippen LogP contribution in [0, 0.1) is 0 Å². The Bertz CT molecular complexity index is 357. The highest BCUT2D eigenvalue weighted by Crippen LogP contribution is 2.18. The second-order valence-corrected chi connectivity index (χ2v) is 5.92. The number of hydrogen-bond donors (Lipinski definition) is 3. The van der Waals surface area contributed by atoms with Crippen LogP contribution in [-0.4, -0.2) is 52.4 Å². The van der Waals surface area contributed by atoms with E-state index in [-0.39, 0.29) is 24.3 Å². The monoisotopic (exact) mass is 265 g/mol. The highest BCUT2D eigenvalue weighted by atomic mass is 32.2. The highest BCUT2D eigenvalue weighted by Gasteiger charge is 2.29. The SMILES string of the molecule is CNS(=O)(=O)CCNC(=O)C1CCC(CN)O1. The molecule has 0 aromatic heterocycles. The molecule has 0 aromatic carbocycles. The van der Waals surface area contributed by atoms with Gasteiger partial charge in [0.05, 0.1) is 11.9 Å². The molecule has 1 aliphatic heterocycles. The number of amides is 1. The van der Waals surface area contributed by atoms with Crippen molar-refractivity contribution in [2.24, 2.45) is 5.73 Å². The van der Waals surface area contributed by atoms with Crippen molar-refractivity contribution in [1.29, 1.82) is 0 Å². The van der Waals surface area contributed by atoms with Crippen LogP contribution in [0.15, 0.2) is 0 Å². The lowest BCUT2D eigenvalue weighted by Crippen LogP contribution is -2.39. The van der Waals surface area contributed by atoms with Crippen molar-refractivity contribution in [3.8, 4) is 0 Å². The third-order valence-corrected chi connectivity index (χ3v) is 4.01. The van der Waals surface area contributed by atoms with Gasteiger partial charge in [-0.3, -0.25) is 4.79 Å². The standard InChI is InChI=1S/C9H19N3O4S/c1-11-17(14,15)5-4-12-9(13)8-3-2-7(6-10)16-8/h7-8,11H,2-6,10H2,1H3,(H,12,13). The fourth-order valence-electron chi connectivity index (χ4n) is 1.60. The van der Waals surface area contributed by atoms with Crippen molar-refractivity contribution in [1.82, 2.24) is 10.0 Å². The summed E-state index contributed by atoms with van der Waals surface area (Å²) in [6.45, 7) is 0.479. The molecule has 2 atom stereocenters. The Morgan fingerprint density at radius 3 is 2.71 bits per heavy atom. The van der Waals surface area contributed by atoms with Gasteiger partial charge in [-0.25, -0.2) is 13.1 Å². The maximum atomic E-state index is 11.6. The van der Waals surface area contributed by atoms with Crippen molar-refractivity contribution < 1.29 is 17.9 Å². The topological polar surface area (TPSA) is 111 Å². The smallest absolute Gasteiger partial charge is 0.249 e. The van der Waals surface area contributed by atoms with Crippen LogP contribution < -0.4 is 15.8 Å². The minimum atomic E-state index is -3.28. The van der Waals surface area contributed by atoms with E-state index < -0.39 is 16.1 Å². The molecular formula is C9H19N3O4S. The van der Waals surface area contributed by atoms with Gasteiger partial charge in [0.2, 0.25) is 15.9 Å². The first kappa shape index (κ1) is 14.4. The summed E-state index contributed by atoms with van der Waals surface area (Å²) in [7, 11) is -1.94. The van der Waals surface area contributed by atoms with Gasteiger partial charge in [0, 0.05) is 13.1 Å². The van der Waals surface area contributed by atoms with Crippen LogP contribution in [0.2, 0.25) is 0 Å². The zero-order valence-electron chi connectivity index (χ0n) is 9.81. The number of rotatable bonds is 6. The Kier molecular flexibility index (Phi) is 5.31. The lowest BCUT2D eigenvalue weighted by Gasteiger charge is -2.12. The van der Waals surface area contributed by atoms with Gasteiger partial charge in [-0.2, -0.15) is 0 Å². The molecule has 1 fully saturated rings. The number of nitrogens with one attached hydrogen (secondary N) is 2. The third kappa shape index (κ3) is 4.58. The van der Waals surface area contributed by atoms with Crippen LogP contribution in [0.25, 0.3) is 0 Å². The molecule has 0 bridgehead atoms. The molecule has 1 aliphatic rings. The summed E-state index contributed by atoms with van der Waals surface area (Å²) in [5.74, 6) is -0.408. The largest absolute Gasteiger partial charge is 0.364 e. The summed E-state index contributed by atoms with van der Waals surface area (Å²) in [6.07, 6.45) is 0.836. The van der Waals surface area contributed by atoms with Gasteiger partial charge in [0.15, 0.2) is 0 Å². The predicted octanol–water partition coefficient (Wildman–Crippen LogP) is -1.84. The molecule has 0 spiro atoms. The molecule has 17 heavy (non-hydrogen) atoms. The van der Waals surface area contributed by atoms with Crippen molar-refractivity contribution in [2.45, 2.75) is 25.0 Å². The minimum absolute atomic E-state index is 0.0632. The molecule has 0 aliphatic carbocycles. The number of carbonyl (C=O) groups is 1. The Balaban J connectivity index is 2.27. The molecule has 1 rings (SSSR count). The molecule has 100 valence electrons. The molecule has 7 nitrogen and oxygen atoms in total. The van der Waals surface area contributed by atoms with Gasteiger partial charge in [-0.15, -0.1) is 0 Å². The number of ether oxygens (including phenoxy) is 1. The Morgan fingerprint density at radius 2 is 2.18 bits per heavy atom. The van der Waals surface area contributed by atoms with E-state index in [0.29, 0.717) is 13.0 Å². The fraction of sp³-hybridized carbons (Fsp3) is 0.889. The molecule has 2 unspecified atom stereocenters. The lowest BCUT2D eigenvalue weighted by molar-refractivity contribution is -0.131. The van der Waals surface area contributed by atoms with E-state index in [2.05, 4.69) is 10.0 Å². The average molecular weight is 265 g/mol. The summed E-state index contributed by atoms with van der Waals surface area (Å²) >= 11 is 0. The van der Waals surface area contributed by atoms with Crippen LogP contribution in [0.3, 0.4) is 0 Å².